The third-order valence-corrected chi connectivity index (χ3v) is 3.91. The molecule has 0 saturated heterocycles. The molecular formula is C20H25NO2. The molecule has 0 radical (unpaired) electrons. The number of carbonyl (C=O) groups excluding carboxylic acids is 1. The van der Waals surface area contributed by atoms with Crippen molar-refractivity contribution < 1.29 is 9.53 Å². The molecule has 2 aromatic rings. The van der Waals surface area contributed by atoms with E-state index in [9.17, 15) is 4.79 Å². The van der Waals surface area contributed by atoms with Gasteiger partial charge in [0.15, 0.2) is 6.61 Å². The fraction of sp³-hybridized carbons (Fsp3) is 0.350. The summed E-state index contributed by atoms with van der Waals surface area (Å²) in [4.78, 5) is 12.1. The zero-order valence-electron chi connectivity index (χ0n) is 14.3. The largest absolute Gasteiger partial charge is 0.484 e. The number of amides is 1. The van der Waals surface area contributed by atoms with Gasteiger partial charge in [0, 0.05) is 5.69 Å². The Kier molecular flexibility index (Phi) is 5.80. The van der Waals surface area contributed by atoms with Crippen LogP contribution in [0.4, 0.5) is 5.69 Å². The standard InChI is InChI=1S/C20H25NO2/c1-5-16-8-6-7-9-19(16)21-20(22)13-23-17-10-11-18(14(2)3)15(4)12-17/h6-12,14H,5,13H2,1-4H3,(H,21,22). The molecule has 0 aliphatic heterocycles. The lowest BCUT2D eigenvalue weighted by molar-refractivity contribution is -0.118. The van der Waals surface area contributed by atoms with Crippen molar-refractivity contribution in [3.05, 3.63) is 59.2 Å². The van der Waals surface area contributed by atoms with Crippen molar-refractivity contribution in [1.29, 1.82) is 0 Å². The number of carbonyl (C=O) groups is 1. The first kappa shape index (κ1) is 17.1. The topological polar surface area (TPSA) is 38.3 Å². The van der Waals surface area contributed by atoms with Crippen LogP contribution < -0.4 is 10.1 Å². The van der Waals surface area contributed by atoms with E-state index in [1.165, 1.54) is 11.1 Å². The van der Waals surface area contributed by atoms with Gasteiger partial charge in [0.1, 0.15) is 5.75 Å². The summed E-state index contributed by atoms with van der Waals surface area (Å²) < 4.78 is 5.62. The molecule has 0 spiro atoms. The van der Waals surface area contributed by atoms with Crippen LogP contribution in [0.25, 0.3) is 0 Å². The highest BCUT2D eigenvalue weighted by atomic mass is 16.5. The summed E-state index contributed by atoms with van der Waals surface area (Å²) in [6.07, 6.45) is 0.882. The number of benzene rings is 2. The van der Waals surface area contributed by atoms with Crippen molar-refractivity contribution in [1.82, 2.24) is 0 Å². The number of hydrogen-bond acceptors (Lipinski definition) is 2. The van der Waals surface area contributed by atoms with E-state index in [-0.39, 0.29) is 12.5 Å². The van der Waals surface area contributed by atoms with E-state index in [0.29, 0.717) is 5.92 Å². The van der Waals surface area contributed by atoms with Crippen LogP contribution in [0.2, 0.25) is 0 Å². The van der Waals surface area contributed by atoms with Crippen LogP contribution in [0, 0.1) is 6.92 Å². The molecule has 0 bridgehead atoms. The van der Waals surface area contributed by atoms with Crippen molar-refractivity contribution in [3.63, 3.8) is 0 Å². The SMILES string of the molecule is CCc1ccccc1NC(=O)COc1ccc(C(C)C)c(C)c1. The van der Waals surface area contributed by atoms with E-state index in [2.05, 4.69) is 39.1 Å². The van der Waals surface area contributed by atoms with Gasteiger partial charge in [0.05, 0.1) is 0 Å². The molecule has 122 valence electrons. The fourth-order valence-corrected chi connectivity index (χ4v) is 2.67. The Balaban J connectivity index is 1.95. The van der Waals surface area contributed by atoms with Crippen molar-refractivity contribution in [3.8, 4) is 5.75 Å². The Bertz CT molecular complexity index is 677. The van der Waals surface area contributed by atoms with E-state index in [1.54, 1.807) is 0 Å². The molecule has 3 nitrogen and oxygen atoms in total. The lowest BCUT2D eigenvalue weighted by atomic mass is 9.98. The van der Waals surface area contributed by atoms with Crippen LogP contribution in [0.1, 0.15) is 43.4 Å². The van der Waals surface area contributed by atoms with Crippen LogP contribution >= 0.6 is 0 Å². The van der Waals surface area contributed by atoms with Crippen LogP contribution in [-0.4, -0.2) is 12.5 Å². The molecule has 23 heavy (non-hydrogen) atoms. The molecule has 0 unspecified atom stereocenters. The third kappa shape index (κ3) is 4.59. The summed E-state index contributed by atoms with van der Waals surface area (Å²) in [5, 5.41) is 2.91. The number of ether oxygens (including phenoxy) is 1. The molecule has 0 fully saturated rings. The van der Waals surface area contributed by atoms with Gasteiger partial charge in [-0.1, -0.05) is 45.0 Å². The number of rotatable bonds is 6. The average Bonchev–Trinajstić information content (AvgIpc) is 2.53. The number of aryl methyl sites for hydroxylation is 2. The predicted molar refractivity (Wildman–Crippen MR) is 95.2 cm³/mol. The maximum atomic E-state index is 12.1. The zero-order valence-corrected chi connectivity index (χ0v) is 14.3. The second kappa shape index (κ2) is 7.82. The Hall–Kier alpha value is -2.29. The lowest BCUT2D eigenvalue weighted by Crippen LogP contribution is -2.20. The van der Waals surface area contributed by atoms with E-state index >= 15 is 0 Å². The van der Waals surface area contributed by atoms with Gasteiger partial charge in [-0.25, -0.2) is 0 Å². The van der Waals surface area contributed by atoms with E-state index in [4.69, 9.17) is 4.74 Å². The lowest BCUT2D eigenvalue weighted by Gasteiger charge is -2.13. The summed E-state index contributed by atoms with van der Waals surface area (Å²) in [7, 11) is 0. The predicted octanol–water partition coefficient (Wildman–Crippen LogP) is 4.70. The molecule has 1 amide bonds. The first-order chi connectivity index (χ1) is 11.0. The fourth-order valence-electron chi connectivity index (χ4n) is 2.67. The third-order valence-electron chi connectivity index (χ3n) is 3.91. The van der Waals surface area contributed by atoms with Gasteiger partial charge in [0.2, 0.25) is 0 Å². The Morgan fingerprint density at radius 2 is 1.91 bits per heavy atom. The summed E-state index contributed by atoms with van der Waals surface area (Å²) in [5.41, 5.74) is 4.47. The highest BCUT2D eigenvalue weighted by Crippen LogP contribution is 2.23. The van der Waals surface area contributed by atoms with E-state index in [0.717, 1.165) is 23.4 Å². The summed E-state index contributed by atoms with van der Waals surface area (Å²) in [5.74, 6) is 1.07. The first-order valence-electron chi connectivity index (χ1n) is 8.12. The maximum absolute atomic E-state index is 12.1. The molecule has 0 aromatic heterocycles. The highest BCUT2D eigenvalue weighted by molar-refractivity contribution is 5.92. The Labute approximate surface area is 138 Å². The highest BCUT2D eigenvalue weighted by Gasteiger charge is 2.08. The molecule has 3 heteroatoms. The zero-order chi connectivity index (χ0) is 16.8. The number of hydrogen-bond donors (Lipinski definition) is 1. The van der Waals surface area contributed by atoms with Crippen LogP contribution in [0.3, 0.4) is 0 Å². The first-order valence-corrected chi connectivity index (χ1v) is 8.12. The van der Waals surface area contributed by atoms with Gasteiger partial charge in [-0.2, -0.15) is 0 Å². The van der Waals surface area contributed by atoms with Gasteiger partial charge in [0.25, 0.3) is 5.91 Å². The average molecular weight is 311 g/mol. The molecule has 0 saturated carbocycles. The normalized spacial score (nSPS) is 10.7. The van der Waals surface area contributed by atoms with Crippen molar-refractivity contribution in [2.75, 3.05) is 11.9 Å². The quantitative estimate of drug-likeness (QED) is 0.840. The molecule has 0 atom stereocenters. The van der Waals surface area contributed by atoms with Gasteiger partial charge in [-0.05, 0) is 54.2 Å². The monoisotopic (exact) mass is 311 g/mol. The molecule has 0 heterocycles. The second-order valence-corrected chi connectivity index (χ2v) is 6.02. The summed E-state index contributed by atoms with van der Waals surface area (Å²) in [6.45, 7) is 8.49. The molecule has 0 aliphatic rings. The molecule has 2 rings (SSSR count). The molecule has 0 aliphatic carbocycles. The van der Waals surface area contributed by atoms with Crippen LogP contribution in [0.5, 0.6) is 5.75 Å². The van der Waals surface area contributed by atoms with Crippen LogP contribution in [0.15, 0.2) is 42.5 Å². The van der Waals surface area contributed by atoms with Crippen molar-refractivity contribution in [2.24, 2.45) is 0 Å². The Morgan fingerprint density at radius 1 is 1.17 bits per heavy atom. The number of para-hydroxylation sites is 1. The number of anilines is 1. The van der Waals surface area contributed by atoms with Gasteiger partial charge < -0.3 is 10.1 Å². The van der Waals surface area contributed by atoms with Crippen molar-refractivity contribution >= 4 is 11.6 Å². The van der Waals surface area contributed by atoms with Crippen LogP contribution in [-0.2, 0) is 11.2 Å². The Morgan fingerprint density at radius 3 is 2.57 bits per heavy atom. The van der Waals surface area contributed by atoms with Gasteiger partial charge >= 0.3 is 0 Å². The minimum Gasteiger partial charge on any atom is -0.484 e. The smallest absolute Gasteiger partial charge is 0.262 e. The van der Waals surface area contributed by atoms with Gasteiger partial charge in [-0.15, -0.1) is 0 Å². The van der Waals surface area contributed by atoms with E-state index in [1.807, 2.05) is 36.4 Å². The van der Waals surface area contributed by atoms with Gasteiger partial charge in [-0.3, -0.25) is 4.79 Å². The summed E-state index contributed by atoms with van der Waals surface area (Å²) >= 11 is 0. The van der Waals surface area contributed by atoms with E-state index < -0.39 is 0 Å². The molecule has 1 N–H and O–H groups in total. The van der Waals surface area contributed by atoms with Crippen molar-refractivity contribution in [2.45, 2.75) is 40.0 Å². The summed E-state index contributed by atoms with van der Waals surface area (Å²) in [6, 6.07) is 13.8. The number of nitrogens with one attached hydrogen (secondary N) is 1. The minimum atomic E-state index is -0.142. The maximum Gasteiger partial charge on any atom is 0.262 e. The molecule has 2 aromatic carbocycles. The molecular weight excluding hydrogens is 286 g/mol. The second-order valence-electron chi connectivity index (χ2n) is 6.02. The minimum absolute atomic E-state index is 0.0124.